The molecule has 1 atom stereocenters. The van der Waals surface area contributed by atoms with E-state index in [1.807, 2.05) is 0 Å². The van der Waals surface area contributed by atoms with Crippen molar-refractivity contribution < 1.29 is 14.3 Å². The van der Waals surface area contributed by atoms with Gasteiger partial charge in [-0.2, -0.15) is 5.10 Å². The molecule has 1 aliphatic heterocycles. The summed E-state index contributed by atoms with van der Waals surface area (Å²) in [6.45, 7) is 1.03. The summed E-state index contributed by atoms with van der Waals surface area (Å²) in [5.74, 6) is -0.388. The fraction of sp³-hybridized carbons (Fsp3) is 0.474. The van der Waals surface area contributed by atoms with E-state index in [1.54, 1.807) is 21.7 Å². The van der Waals surface area contributed by atoms with Gasteiger partial charge in [0.15, 0.2) is 5.69 Å². The van der Waals surface area contributed by atoms with Crippen LogP contribution in [-0.2, 0) is 12.8 Å². The van der Waals surface area contributed by atoms with Gasteiger partial charge in [-0.1, -0.05) is 0 Å². The number of hydrogen-bond donors (Lipinski definition) is 1. The largest absolute Gasteiger partial charge is 0.391 e. The summed E-state index contributed by atoms with van der Waals surface area (Å²) in [6, 6.07) is 6.20. The van der Waals surface area contributed by atoms with E-state index in [9.17, 15) is 14.3 Å². The second-order valence-corrected chi connectivity index (χ2v) is 6.92. The van der Waals surface area contributed by atoms with E-state index in [0.717, 1.165) is 55.5 Å². The molecule has 4 rings (SSSR count). The average molecular weight is 343 g/mol. The fourth-order valence-corrected chi connectivity index (χ4v) is 3.86. The maximum Gasteiger partial charge on any atom is 0.274 e. The number of aromatic nitrogens is 2. The first-order valence-corrected chi connectivity index (χ1v) is 8.97. The maximum atomic E-state index is 13.2. The molecule has 2 aromatic rings. The Bertz CT molecular complexity index is 785. The molecular weight excluding hydrogens is 321 g/mol. The van der Waals surface area contributed by atoms with Gasteiger partial charge in [-0.3, -0.25) is 4.79 Å². The first-order chi connectivity index (χ1) is 12.1. The van der Waals surface area contributed by atoms with Gasteiger partial charge in [0.25, 0.3) is 5.91 Å². The number of amides is 1. The van der Waals surface area contributed by atoms with Gasteiger partial charge in [0.1, 0.15) is 5.82 Å². The number of carbonyl (C=O) groups excluding carboxylic acids is 1. The lowest BCUT2D eigenvalue weighted by Crippen LogP contribution is -2.42. The number of piperidine rings is 1. The van der Waals surface area contributed by atoms with Gasteiger partial charge in [0.2, 0.25) is 0 Å². The third kappa shape index (κ3) is 3.06. The van der Waals surface area contributed by atoms with Crippen LogP contribution in [0.2, 0.25) is 0 Å². The fourth-order valence-electron chi connectivity index (χ4n) is 3.86. The number of β-amino-alcohol motifs (C(OH)–C–C–N with tert-alkyl or cyclic N) is 1. The second kappa shape index (κ2) is 6.59. The lowest BCUT2D eigenvalue weighted by Gasteiger charge is -2.29. The van der Waals surface area contributed by atoms with E-state index in [-0.39, 0.29) is 11.7 Å². The minimum Gasteiger partial charge on any atom is -0.391 e. The molecule has 1 saturated heterocycles. The molecule has 1 N–H and O–H groups in total. The summed E-state index contributed by atoms with van der Waals surface area (Å²) in [5.41, 5.74) is 3.34. The normalized spacial score (nSPS) is 20.4. The second-order valence-electron chi connectivity index (χ2n) is 6.92. The quantitative estimate of drug-likeness (QED) is 0.911. The first-order valence-electron chi connectivity index (χ1n) is 8.97. The summed E-state index contributed by atoms with van der Waals surface area (Å²) in [7, 11) is 0. The molecule has 132 valence electrons. The summed E-state index contributed by atoms with van der Waals surface area (Å²) in [5, 5.41) is 14.5. The number of nitrogens with zero attached hydrogens (tertiary/aromatic N) is 3. The molecular formula is C19H22FN3O2. The molecule has 1 aliphatic carbocycles. The van der Waals surface area contributed by atoms with Crippen molar-refractivity contribution in [1.29, 1.82) is 0 Å². The van der Waals surface area contributed by atoms with E-state index in [1.165, 1.54) is 12.1 Å². The van der Waals surface area contributed by atoms with Gasteiger partial charge in [-0.15, -0.1) is 0 Å². The van der Waals surface area contributed by atoms with Crippen molar-refractivity contribution in [3.05, 3.63) is 47.0 Å². The zero-order chi connectivity index (χ0) is 17.4. The van der Waals surface area contributed by atoms with E-state index < -0.39 is 6.10 Å². The standard InChI is InChI=1S/C19H22FN3O2/c20-13-7-9-14(10-8-13)23-17-6-2-1-5-16(17)18(21-23)19(25)22-11-3-4-15(24)12-22/h7-10,15,24H,1-6,11-12H2/t15-/m0/s1. The SMILES string of the molecule is O=C(c1nn(-c2ccc(F)cc2)c2c1CCCC2)N1CCC[C@H](O)C1. The maximum absolute atomic E-state index is 13.2. The smallest absolute Gasteiger partial charge is 0.274 e. The third-order valence-corrected chi connectivity index (χ3v) is 5.14. The van der Waals surface area contributed by atoms with E-state index in [0.29, 0.717) is 18.8 Å². The molecule has 5 nitrogen and oxygen atoms in total. The van der Waals surface area contributed by atoms with Crippen LogP contribution in [0.1, 0.15) is 47.4 Å². The number of halogens is 1. The Balaban J connectivity index is 1.73. The van der Waals surface area contributed by atoms with Crippen molar-refractivity contribution in [1.82, 2.24) is 14.7 Å². The molecule has 0 bridgehead atoms. The van der Waals surface area contributed by atoms with Gasteiger partial charge >= 0.3 is 0 Å². The van der Waals surface area contributed by atoms with Crippen LogP contribution >= 0.6 is 0 Å². The van der Waals surface area contributed by atoms with Gasteiger partial charge < -0.3 is 10.0 Å². The lowest BCUT2D eigenvalue weighted by molar-refractivity contribution is 0.0467. The molecule has 0 spiro atoms. The summed E-state index contributed by atoms with van der Waals surface area (Å²) < 4.78 is 15.0. The highest BCUT2D eigenvalue weighted by Crippen LogP contribution is 2.28. The van der Waals surface area contributed by atoms with Crippen LogP contribution in [0, 0.1) is 5.82 Å². The van der Waals surface area contributed by atoms with Gasteiger partial charge in [-0.05, 0) is 62.8 Å². The molecule has 2 aliphatic rings. The number of fused-ring (bicyclic) bond motifs is 1. The first kappa shape index (κ1) is 16.3. The molecule has 1 aromatic carbocycles. The van der Waals surface area contributed by atoms with Crippen LogP contribution in [0.15, 0.2) is 24.3 Å². The van der Waals surface area contributed by atoms with Crippen molar-refractivity contribution in [2.75, 3.05) is 13.1 Å². The van der Waals surface area contributed by atoms with Crippen LogP contribution in [-0.4, -0.2) is 44.9 Å². The zero-order valence-electron chi connectivity index (χ0n) is 14.1. The minimum atomic E-state index is -0.451. The van der Waals surface area contributed by atoms with Crippen molar-refractivity contribution in [2.24, 2.45) is 0 Å². The van der Waals surface area contributed by atoms with Crippen LogP contribution in [0.3, 0.4) is 0 Å². The number of rotatable bonds is 2. The number of carbonyl (C=O) groups is 1. The van der Waals surface area contributed by atoms with E-state index in [2.05, 4.69) is 5.10 Å². The number of aliphatic hydroxyl groups is 1. The molecule has 0 unspecified atom stereocenters. The van der Waals surface area contributed by atoms with Crippen molar-refractivity contribution in [3.8, 4) is 5.69 Å². The molecule has 0 saturated carbocycles. The Morgan fingerprint density at radius 1 is 1.16 bits per heavy atom. The number of hydrogen-bond acceptors (Lipinski definition) is 3. The van der Waals surface area contributed by atoms with Gasteiger partial charge in [-0.25, -0.2) is 9.07 Å². The number of aliphatic hydroxyl groups excluding tert-OH is 1. The number of benzene rings is 1. The van der Waals surface area contributed by atoms with Gasteiger partial charge in [0, 0.05) is 24.3 Å². The summed E-state index contributed by atoms with van der Waals surface area (Å²) >= 11 is 0. The topological polar surface area (TPSA) is 58.4 Å². The lowest BCUT2D eigenvalue weighted by atomic mass is 9.95. The predicted octanol–water partition coefficient (Wildman–Crippen LogP) is 2.49. The van der Waals surface area contributed by atoms with Gasteiger partial charge in [0.05, 0.1) is 11.8 Å². The van der Waals surface area contributed by atoms with Crippen LogP contribution < -0.4 is 0 Å². The van der Waals surface area contributed by atoms with E-state index in [4.69, 9.17) is 0 Å². The molecule has 1 aromatic heterocycles. The molecule has 6 heteroatoms. The van der Waals surface area contributed by atoms with Crippen molar-refractivity contribution >= 4 is 5.91 Å². The van der Waals surface area contributed by atoms with Crippen LogP contribution in [0.4, 0.5) is 4.39 Å². The Kier molecular flexibility index (Phi) is 4.29. The third-order valence-electron chi connectivity index (χ3n) is 5.14. The Hall–Kier alpha value is -2.21. The Morgan fingerprint density at radius 2 is 1.92 bits per heavy atom. The average Bonchev–Trinajstić information content (AvgIpc) is 3.01. The Morgan fingerprint density at radius 3 is 2.68 bits per heavy atom. The zero-order valence-corrected chi connectivity index (χ0v) is 14.1. The molecule has 0 radical (unpaired) electrons. The summed E-state index contributed by atoms with van der Waals surface area (Å²) in [4.78, 5) is 14.7. The molecule has 2 heterocycles. The van der Waals surface area contributed by atoms with Crippen molar-refractivity contribution in [2.45, 2.75) is 44.6 Å². The number of likely N-dealkylation sites (tertiary alicyclic amines) is 1. The van der Waals surface area contributed by atoms with E-state index >= 15 is 0 Å². The van der Waals surface area contributed by atoms with Crippen LogP contribution in [0.5, 0.6) is 0 Å². The highest BCUT2D eigenvalue weighted by Gasteiger charge is 2.30. The minimum absolute atomic E-state index is 0.0993. The van der Waals surface area contributed by atoms with Crippen LogP contribution in [0.25, 0.3) is 5.69 Å². The Labute approximate surface area is 146 Å². The molecule has 25 heavy (non-hydrogen) atoms. The molecule has 1 amide bonds. The van der Waals surface area contributed by atoms with Crippen molar-refractivity contribution in [3.63, 3.8) is 0 Å². The highest BCUT2D eigenvalue weighted by molar-refractivity contribution is 5.94. The monoisotopic (exact) mass is 343 g/mol. The molecule has 1 fully saturated rings. The highest BCUT2D eigenvalue weighted by atomic mass is 19.1. The predicted molar refractivity (Wildman–Crippen MR) is 91.3 cm³/mol. The summed E-state index contributed by atoms with van der Waals surface area (Å²) in [6.07, 6.45) is 4.93.